The Morgan fingerprint density at radius 3 is 3.00 bits per heavy atom. The predicted molar refractivity (Wildman–Crippen MR) is 63.8 cm³/mol. The van der Waals surface area contributed by atoms with E-state index in [-0.39, 0.29) is 12.4 Å². The molecule has 5 nitrogen and oxygen atoms in total. The molecule has 88 valence electrons. The van der Waals surface area contributed by atoms with E-state index in [1.165, 1.54) is 17.5 Å². The Balaban J connectivity index is 2.70. The molecule has 0 atom stereocenters. The van der Waals surface area contributed by atoms with Gasteiger partial charge in [-0.2, -0.15) is 0 Å². The molecule has 0 amide bonds. The molecule has 16 heavy (non-hydrogen) atoms. The summed E-state index contributed by atoms with van der Waals surface area (Å²) in [5.74, 6) is 5.53. The predicted octanol–water partition coefficient (Wildman–Crippen LogP) is 0.639. The summed E-state index contributed by atoms with van der Waals surface area (Å²) in [7, 11) is -3.27. The summed E-state index contributed by atoms with van der Waals surface area (Å²) in [4.78, 5) is 4.56. The van der Waals surface area contributed by atoms with Crippen molar-refractivity contribution in [3.63, 3.8) is 0 Å². The standard InChI is InChI=1S/C9H12N2O3S2/c1-2-16(13,14)11-9-10-7-8(15-9)5-3-4-6-12/h7,12H,2,4,6H2,1H3,(H,10,11). The first-order valence-electron chi connectivity index (χ1n) is 4.63. The Kier molecular flexibility index (Phi) is 4.73. The van der Waals surface area contributed by atoms with Crippen molar-refractivity contribution in [1.82, 2.24) is 4.98 Å². The molecule has 0 aromatic carbocycles. The highest BCUT2D eigenvalue weighted by atomic mass is 32.2. The third-order valence-electron chi connectivity index (χ3n) is 1.58. The fraction of sp³-hybridized carbons (Fsp3) is 0.444. The van der Waals surface area contributed by atoms with Crippen LogP contribution >= 0.6 is 11.3 Å². The average Bonchev–Trinajstić information content (AvgIpc) is 2.65. The first-order chi connectivity index (χ1) is 7.57. The molecule has 1 aromatic rings. The van der Waals surface area contributed by atoms with E-state index in [9.17, 15) is 8.42 Å². The van der Waals surface area contributed by atoms with Crippen molar-refractivity contribution in [3.8, 4) is 11.8 Å². The highest BCUT2D eigenvalue weighted by Gasteiger charge is 2.09. The number of aliphatic hydroxyl groups is 1. The first-order valence-corrected chi connectivity index (χ1v) is 7.10. The maximum Gasteiger partial charge on any atom is 0.234 e. The van der Waals surface area contributed by atoms with Crippen molar-refractivity contribution in [2.24, 2.45) is 0 Å². The molecule has 1 rings (SSSR count). The summed E-state index contributed by atoms with van der Waals surface area (Å²) >= 11 is 1.17. The van der Waals surface area contributed by atoms with Crippen LogP contribution in [0.2, 0.25) is 0 Å². The second-order valence-electron chi connectivity index (χ2n) is 2.81. The van der Waals surface area contributed by atoms with Crippen LogP contribution in [0.15, 0.2) is 6.20 Å². The monoisotopic (exact) mass is 260 g/mol. The zero-order valence-electron chi connectivity index (χ0n) is 8.73. The van der Waals surface area contributed by atoms with Crippen LogP contribution in [-0.2, 0) is 10.0 Å². The zero-order valence-corrected chi connectivity index (χ0v) is 10.4. The van der Waals surface area contributed by atoms with Gasteiger partial charge in [-0.15, -0.1) is 0 Å². The average molecular weight is 260 g/mol. The molecule has 0 saturated heterocycles. The molecule has 0 spiro atoms. The van der Waals surface area contributed by atoms with Crippen molar-refractivity contribution in [2.45, 2.75) is 13.3 Å². The molecular formula is C9H12N2O3S2. The van der Waals surface area contributed by atoms with E-state index in [1.54, 1.807) is 6.92 Å². The lowest BCUT2D eigenvalue weighted by Gasteiger charge is -1.99. The van der Waals surface area contributed by atoms with Crippen molar-refractivity contribution < 1.29 is 13.5 Å². The van der Waals surface area contributed by atoms with Crippen LogP contribution in [0.25, 0.3) is 0 Å². The van der Waals surface area contributed by atoms with Gasteiger partial charge in [0.05, 0.1) is 23.4 Å². The molecule has 0 unspecified atom stereocenters. The number of rotatable bonds is 4. The normalized spacial score (nSPS) is 10.6. The smallest absolute Gasteiger partial charge is 0.234 e. The number of hydrogen-bond donors (Lipinski definition) is 2. The van der Waals surface area contributed by atoms with Crippen molar-refractivity contribution in [2.75, 3.05) is 17.1 Å². The van der Waals surface area contributed by atoms with E-state index in [1.807, 2.05) is 0 Å². The lowest BCUT2D eigenvalue weighted by molar-refractivity contribution is 0.305. The molecule has 0 aliphatic rings. The minimum absolute atomic E-state index is 0.0120. The Labute approximate surface area is 98.6 Å². The van der Waals surface area contributed by atoms with Gasteiger partial charge in [0.15, 0.2) is 5.13 Å². The number of nitrogens with one attached hydrogen (secondary N) is 1. The number of aliphatic hydroxyl groups excluding tert-OH is 1. The summed E-state index contributed by atoms with van der Waals surface area (Å²) in [5, 5.41) is 8.84. The molecule has 0 bridgehead atoms. The Hall–Kier alpha value is -1.10. The van der Waals surface area contributed by atoms with Gasteiger partial charge in [-0.25, -0.2) is 13.4 Å². The third kappa shape index (κ3) is 4.18. The lowest BCUT2D eigenvalue weighted by Crippen LogP contribution is -2.14. The maximum atomic E-state index is 11.2. The van der Waals surface area contributed by atoms with Crippen LogP contribution in [0.5, 0.6) is 0 Å². The highest BCUT2D eigenvalue weighted by molar-refractivity contribution is 7.92. The van der Waals surface area contributed by atoms with Crippen LogP contribution in [-0.4, -0.2) is 30.9 Å². The summed E-state index contributed by atoms with van der Waals surface area (Å²) in [6, 6.07) is 0. The summed E-state index contributed by atoms with van der Waals surface area (Å²) in [5.41, 5.74) is 0. The summed E-state index contributed by atoms with van der Waals surface area (Å²) < 4.78 is 24.8. The zero-order chi connectivity index (χ0) is 12.0. The van der Waals surface area contributed by atoms with Crippen molar-refractivity contribution in [1.29, 1.82) is 0 Å². The molecule has 0 radical (unpaired) electrons. The van der Waals surface area contributed by atoms with E-state index in [0.29, 0.717) is 16.4 Å². The lowest BCUT2D eigenvalue weighted by atomic mass is 10.4. The minimum atomic E-state index is -3.27. The highest BCUT2D eigenvalue weighted by Crippen LogP contribution is 2.18. The molecular weight excluding hydrogens is 248 g/mol. The van der Waals surface area contributed by atoms with Gasteiger partial charge in [0.2, 0.25) is 10.0 Å². The van der Waals surface area contributed by atoms with Gasteiger partial charge < -0.3 is 5.11 Å². The van der Waals surface area contributed by atoms with Crippen LogP contribution in [0.3, 0.4) is 0 Å². The van der Waals surface area contributed by atoms with Gasteiger partial charge in [0.1, 0.15) is 0 Å². The largest absolute Gasteiger partial charge is 0.395 e. The SMILES string of the molecule is CCS(=O)(=O)Nc1ncc(C#CCCO)s1. The number of hydrogen-bond acceptors (Lipinski definition) is 5. The number of aromatic nitrogens is 1. The van der Waals surface area contributed by atoms with E-state index in [0.717, 1.165) is 0 Å². The van der Waals surface area contributed by atoms with Crippen LogP contribution in [0.4, 0.5) is 5.13 Å². The van der Waals surface area contributed by atoms with Crippen LogP contribution < -0.4 is 4.72 Å². The molecule has 0 aliphatic heterocycles. The number of sulfonamides is 1. The van der Waals surface area contributed by atoms with Crippen LogP contribution in [0, 0.1) is 11.8 Å². The fourth-order valence-corrected chi connectivity index (χ4v) is 2.34. The fourth-order valence-electron chi connectivity index (χ4n) is 0.790. The van der Waals surface area contributed by atoms with Crippen molar-refractivity contribution >= 4 is 26.5 Å². The quantitative estimate of drug-likeness (QED) is 0.779. The maximum absolute atomic E-state index is 11.2. The van der Waals surface area contributed by atoms with E-state index in [4.69, 9.17) is 5.11 Å². The molecule has 0 saturated carbocycles. The second kappa shape index (κ2) is 5.84. The number of anilines is 1. The molecule has 1 heterocycles. The Morgan fingerprint density at radius 2 is 2.38 bits per heavy atom. The van der Waals surface area contributed by atoms with Gasteiger partial charge >= 0.3 is 0 Å². The Bertz CT molecular complexity index is 496. The van der Waals surface area contributed by atoms with E-state index >= 15 is 0 Å². The number of nitrogens with zero attached hydrogens (tertiary/aromatic N) is 1. The molecule has 0 fully saturated rings. The third-order valence-corrected chi connectivity index (χ3v) is 3.80. The van der Waals surface area contributed by atoms with Crippen molar-refractivity contribution in [3.05, 3.63) is 11.1 Å². The van der Waals surface area contributed by atoms with Gasteiger partial charge in [0.25, 0.3) is 0 Å². The molecule has 2 N–H and O–H groups in total. The summed E-state index contributed by atoms with van der Waals surface area (Å²) in [6.45, 7) is 1.57. The molecule has 0 aliphatic carbocycles. The topological polar surface area (TPSA) is 79.3 Å². The number of thiazole rings is 1. The molecule has 7 heteroatoms. The van der Waals surface area contributed by atoms with Gasteiger partial charge in [-0.3, -0.25) is 4.72 Å². The Morgan fingerprint density at radius 1 is 1.62 bits per heavy atom. The second-order valence-corrected chi connectivity index (χ2v) is 5.85. The van der Waals surface area contributed by atoms with E-state index in [2.05, 4.69) is 21.5 Å². The van der Waals surface area contributed by atoms with E-state index < -0.39 is 10.0 Å². The van der Waals surface area contributed by atoms with Gasteiger partial charge in [-0.1, -0.05) is 23.2 Å². The van der Waals surface area contributed by atoms with Gasteiger partial charge in [-0.05, 0) is 6.92 Å². The summed E-state index contributed by atoms with van der Waals surface area (Å²) in [6.07, 6.45) is 1.90. The van der Waals surface area contributed by atoms with Crippen LogP contribution in [0.1, 0.15) is 18.2 Å². The van der Waals surface area contributed by atoms with Gasteiger partial charge in [0, 0.05) is 6.42 Å². The minimum Gasteiger partial charge on any atom is -0.395 e. The first kappa shape index (κ1) is 13.0. The molecule has 1 aromatic heterocycles.